The summed E-state index contributed by atoms with van der Waals surface area (Å²) in [5.74, 6) is 0.0728. The second-order valence-corrected chi connectivity index (χ2v) is 7.34. The maximum absolute atomic E-state index is 12.9. The lowest BCUT2D eigenvalue weighted by Gasteiger charge is -2.00. The van der Waals surface area contributed by atoms with Gasteiger partial charge in [-0.2, -0.15) is 0 Å². The van der Waals surface area contributed by atoms with Crippen LogP contribution in [-0.4, -0.2) is 9.19 Å². The quantitative estimate of drug-likeness (QED) is 0.668. The van der Waals surface area contributed by atoms with Gasteiger partial charge in [-0.15, -0.1) is 11.3 Å². The van der Waals surface area contributed by atoms with Crippen molar-refractivity contribution in [3.8, 4) is 10.6 Å². The number of hydrogen-bond acceptors (Lipinski definition) is 3. The summed E-state index contributed by atoms with van der Waals surface area (Å²) in [7, 11) is -1.16. The Morgan fingerprint density at radius 3 is 2.45 bits per heavy atom. The standard InChI is InChI=1S/C16H11ClFNOS2/c17-12-3-7-15(8-4-12)22(20)10-14-9-21-16(19-14)11-1-5-13(18)6-2-11/h1-9H,10H2. The molecule has 0 aliphatic rings. The number of rotatable bonds is 4. The molecule has 2 nitrogen and oxygen atoms in total. The van der Waals surface area contributed by atoms with Crippen molar-refractivity contribution in [2.24, 2.45) is 0 Å². The number of hydrogen-bond donors (Lipinski definition) is 0. The van der Waals surface area contributed by atoms with E-state index < -0.39 is 10.8 Å². The normalized spacial score (nSPS) is 12.3. The minimum atomic E-state index is -1.16. The first kappa shape index (κ1) is 15.3. The molecule has 2 aromatic carbocycles. The highest BCUT2D eigenvalue weighted by Crippen LogP contribution is 2.25. The summed E-state index contributed by atoms with van der Waals surface area (Å²) >= 11 is 7.28. The fraction of sp³-hybridized carbons (Fsp3) is 0.0625. The molecule has 0 aliphatic carbocycles. The molecule has 6 heteroatoms. The van der Waals surface area contributed by atoms with Crippen molar-refractivity contribution in [2.45, 2.75) is 10.6 Å². The van der Waals surface area contributed by atoms with Crippen LogP contribution in [0.1, 0.15) is 5.69 Å². The molecular formula is C16H11ClFNOS2. The van der Waals surface area contributed by atoms with Crippen molar-refractivity contribution in [3.63, 3.8) is 0 Å². The molecule has 1 heterocycles. The molecule has 0 fully saturated rings. The molecule has 3 rings (SSSR count). The van der Waals surface area contributed by atoms with Gasteiger partial charge in [0.1, 0.15) is 10.8 Å². The molecule has 1 aromatic heterocycles. The minimum Gasteiger partial charge on any atom is -0.254 e. The van der Waals surface area contributed by atoms with Gasteiger partial charge in [0.2, 0.25) is 0 Å². The summed E-state index contributed by atoms with van der Waals surface area (Å²) in [6.45, 7) is 0. The van der Waals surface area contributed by atoms with E-state index in [1.807, 2.05) is 5.38 Å². The van der Waals surface area contributed by atoms with E-state index in [0.29, 0.717) is 10.8 Å². The lowest BCUT2D eigenvalue weighted by molar-refractivity contribution is 0.628. The minimum absolute atomic E-state index is 0.274. The third-order valence-corrected chi connectivity index (χ3v) is 5.55. The topological polar surface area (TPSA) is 30.0 Å². The van der Waals surface area contributed by atoms with Crippen LogP contribution in [0.4, 0.5) is 4.39 Å². The molecule has 0 bridgehead atoms. The summed E-state index contributed by atoms with van der Waals surface area (Å²) in [5.41, 5.74) is 1.62. The van der Waals surface area contributed by atoms with Crippen LogP contribution in [0, 0.1) is 5.82 Å². The van der Waals surface area contributed by atoms with Crippen LogP contribution in [0.15, 0.2) is 58.8 Å². The molecule has 0 spiro atoms. The van der Waals surface area contributed by atoms with Crippen LogP contribution >= 0.6 is 22.9 Å². The van der Waals surface area contributed by atoms with E-state index in [4.69, 9.17) is 11.6 Å². The Morgan fingerprint density at radius 1 is 1.09 bits per heavy atom. The smallest absolute Gasteiger partial charge is 0.123 e. The number of halogens is 2. The zero-order valence-corrected chi connectivity index (χ0v) is 13.7. The van der Waals surface area contributed by atoms with Crippen molar-refractivity contribution in [1.82, 2.24) is 4.98 Å². The molecular weight excluding hydrogens is 341 g/mol. The van der Waals surface area contributed by atoms with Gasteiger partial charge in [-0.3, -0.25) is 4.21 Å². The van der Waals surface area contributed by atoms with E-state index in [0.717, 1.165) is 21.2 Å². The molecule has 0 saturated carbocycles. The second-order valence-electron chi connectivity index (χ2n) is 4.59. The van der Waals surface area contributed by atoms with Crippen LogP contribution in [0.3, 0.4) is 0 Å². The summed E-state index contributed by atoms with van der Waals surface area (Å²) < 4.78 is 25.2. The number of nitrogens with zero attached hydrogens (tertiary/aromatic N) is 1. The average Bonchev–Trinajstić information content (AvgIpc) is 2.97. The van der Waals surface area contributed by atoms with Gasteiger partial charge in [0.05, 0.1) is 22.2 Å². The largest absolute Gasteiger partial charge is 0.254 e. The first-order valence-electron chi connectivity index (χ1n) is 6.46. The van der Waals surface area contributed by atoms with Crippen molar-refractivity contribution >= 4 is 33.7 Å². The van der Waals surface area contributed by atoms with Crippen LogP contribution in [-0.2, 0) is 16.6 Å². The van der Waals surface area contributed by atoms with Crippen molar-refractivity contribution in [1.29, 1.82) is 0 Å². The Labute approximate surface area is 139 Å². The van der Waals surface area contributed by atoms with E-state index in [9.17, 15) is 8.60 Å². The number of aromatic nitrogens is 1. The van der Waals surface area contributed by atoms with Gasteiger partial charge in [-0.1, -0.05) is 11.6 Å². The molecule has 112 valence electrons. The first-order valence-corrected chi connectivity index (χ1v) is 9.04. The van der Waals surface area contributed by atoms with Gasteiger partial charge in [0, 0.05) is 20.9 Å². The Bertz CT molecular complexity index is 800. The molecule has 3 aromatic rings. The van der Waals surface area contributed by atoms with Crippen LogP contribution in [0.5, 0.6) is 0 Å². The van der Waals surface area contributed by atoms with Gasteiger partial charge in [-0.05, 0) is 48.5 Å². The number of benzene rings is 2. The van der Waals surface area contributed by atoms with Crippen molar-refractivity contribution in [3.05, 3.63) is 70.4 Å². The van der Waals surface area contributed by atoms with Gasteiger partial charge in [0.25, 0.3) is 0 Å². The number of thiazole rings is 1. The maximum atomic E-state index is 12.9. The molecule has 22 heavy (non-hydrogen) atoms. The van der Waals surface area contributed by atoms with Gasteiger partial charge < -0.3 is 0 Å². The molecule has 0 amide bonds. The highest BCUT2D eigenvalue weighted by molar-refractivity contribution is 7.84. The van der Waals surface area contributed by atoms with Crippen molar-refractivity contribution in [2.75, 3.05) is 0 Å². The van der Waals surface area contributed by atoms with Gasteiger partial charge in [0.15, 0.2) is 0 Å². The molecule has 0 aliphatic heterocycles. The third-order valence-electron chi connectivity index (χ3n) is 3.00. The highest BCUT2D eigenvalue weighted by atomic mass is 35.5. The second kappa shape index (κ2) is 6.69. The zero-order valence-electron chi connectivity index (χ0n) is 11.3. The molecule has 0 radical (unpaired) electrons. The summed E-state index contributed by atoms with van der Waals surface area (Å²) in [5, 5.41) is 3.29. The Balaban J connectivity index is 1.75. The SMILES string of the molecule is O=S(Cc1csc(-c2ccc(F)cc2)n1)c1ccc(Cl)cc1. The van der Waals surface area contributed by atoms with E-state index in [1.54, 1.807) is 36.4 Å². The first-order chi connectivity index (χ1) is 10.6. The molecule has 1 unspecified atom stereocenters. The highest BCUT2D eigenvalue weighted by Gasteiger charge is 2.10. The van der Waals surface area contributed by atoms with Crippen LogP contribution in [0.25, 0.3) is 10.6 Å². The lowest BCUT2D eigenvalue weighted by atomic mass is 10.2. The third kappa shape index (κ3) is 3.61. The maximum Gasteiger partial charge on any atom is 0.123 e. The monoisotopic (exact) mass is 351 g/mol. The van der Waals surface area contributed by atoms with Crippen molar-refractivity contribution < 1.29 is 8.60 Å². The predicted octanol–water partition coefficient (Wildman–Crippen LogP) is 4.91. The summed E-state index contributed by atoms with van der Waals surface area (Å²) in [4.78, 5) is 5.19. The molecule has 0 N–H and O–H groups in total. The fourth-order valence-corrected chi connectivity index (χ4v) is 3.98. The zero-order chi connectivity index (χ0) is 15.5. The van der Waals surface area contributed by atoms with E-state index >= 15 is 0 Å². The predicted molar refractivity (Wildman–Crippen MR) is 89.1 cm³/mol. The Hall–Kier alpha value is -1.56. The Morgan fingerprint density at radius 2 is 1.77 bits per heavy atom. The Kier molecular flexibility index (Phi) is 4.66. The van der Waals surface area contributed by atoms with E-state index in [-0.39, 0.29) is 5.82 Å². The van der Waals surface area contributed by atoms with Gasteiger partial charge in [-0.25, -0.2) is 9.37 Å². The average molecular weight is 352 g/mol. The van der Waals surface area contributed by atoms with Crippen LogP contribution in [0.2, 0.25) is 5.02 Å². The van der Waals surface area contributed by atoms with E-state index in [1.165, 1.54) is 23.5 Å². The summed E-state index contributed by atoms with van der Waals surface area (Å²) in [6, 6.07) is 13.1. The van der Waals surface area contributed by atoms with Gasteiger partial charge >= 0.3 is 0 Å². The lowest BCUT2D eigenvalue weighted by Crippen LogP contribution is -1.96. The van der Waals surface area contributed by atoms with Crippen LogP contribution < -0.4 is 0 Å². The van der Waals surface area contributed by atoms with E-state index in [2.05, 4.69) is 4.98 Å². The molecule has 1 atom stereocenters. The fourth-order valence-electron chi connectivity index (χ4n) is 1.90. The molecule has 0 saturated heterocycles. The summed E-state index contributed by atoms with van der Waals surface area (Å²) in [6.07, 6.45) is 0.